The molecule has 1 saturated heterocycles. The Morgan fingerprint density at radius 2 is 1.87 bits per heavy atom. The smallest absolute Gasteiger partial charge is 0.253 e. The Kier molecular flexibility index (Phi) is 5.61. The van der Waals surface area contributed by atoms with Gasteiger partial charge in [0.2, 0.25) is 0 Å². The maximum absolute atomic E-state index is 13.1. The lowest BCUT2D eigenvalue weighted by molar-refractivity contribution is 0.0713. The number of nitrogens with zero attached hydrogens (tertiary/aromatic N) is 3. The lowest BCUT2D eigenvalue weighted by atomic mass is 9.89. The van der Waals surface area contributed by atoms with Crippen LogP contribution in [0.15, 0.2) is 42.5 Å². The topological polar surface area (TPSA) is 72.8 Å². The number of aromatic amines is 1. The zero-order valence-corrected chi connectivity index (χ0v) is 17.8. The van der Waals surface area contributed by atoms with E-state index in [-0.39, 0.29) is 5.91 Å². The van der Waals surface area contributed by atoms with Crippen LogP contribution in [0.3, 0.4) is 0 Å². The van der Waals surface area contributed by atoms with Crippen molar-refractivity contribution >= 4 is 17.5 Å². The third kappa shape index (κ3) is 3.96. The molecule has 6 heteroatoms. The molecule has 0 spiro atoms. The zero-order chi connectivity index (χ0) is 21.3. The van der Waals surface area contributed by atoms with Crippen LogP contribution in [0, 0.1) is 25.2 Å². The number of halogens is 1. The fourth-order valence-corrected chi connectivity index (χ4v) is 4.35. The number of amides is 1. The molecule has 30 heavy (non-hydrogen) atoms. The van der Waals surface area contributed by atoms with Crippen molar-refractivity contribution in [1.29, 1.82) is 5.26 Å². The summed E-state index contributed by atoms with van der Waals surface area (Å²) in [5.74, 6) is 1.26. The van der Waals surface area contributed by atoms with Gasteiger partial charge in [-0.25, -0.2) is 4.98 Å². The van der Waals surface area contributed by atoms with Gasteiger partial charge in [-0.3, -0.25) is 4.79 Å². The molecular formula is C24H23ClN4O. The van der Waals surface area contributed by atoms with Gasteiger partial charge in [0.05, 0.1) is 22.3 Å². The SMILES string of the molecule is Cc1nc(-c2cc(C(=O)N3CCC(c4ccc(C#N)cc4)CC3)ccc2Cl)c(C)[nH]1. The maximum Gasteiger partial charge on any atom is 0.253 e. The lowest BCUT2D eigenvalue weighted by Gasteiger charge is -2.32. The summed E-state index contributed by atoms with van der Waals surface area (Å²) in [6.45, 7) is 5.27. The number of likely N-dealkylation sites (tertiary alicyclic amines) is 1. The molecule has 1 aliphatic heterocycles. The van der Waals surface area contributed by atoms with E-state index in [1.807, 2.05) is 49.1 Å². The Morgan fingerprint density at radius 3 is 2.47 bits per heavy atom. The number of hydrogen-bond acceptors (Lipinski definition) is 3. The van der Waals surface area contributed by atoms with Crippen molar-refractivity contribution in [1.82, 2.24) is 14.9 Å². The lowest BCUT2D eigenvalue weighted by Crippen LogP contribution is -2.37. The van der Waals surface area contributed by atoms with Crippen LogP contribution in [0.2, 0.25) is 5.02 Å². The van der Waals surface area contributed by atoms with Crippen LogP contribution in [0.5, 0.6) is 0 Å². The first-order chi connectivity index (χ1) is 14.5. The first-order valence-corrected chi connectivity index (χ1v) is 10.5. The molecule has 5 nitrogen and oxygen atoms in total. The minimum absolute atomic E-state index is 0.0242. The Labute approximate surface area is 181 Å². The molecule has 0 unspecified atom stereocenters. The molecule has 0 atom stereocenters. The highest BCUT2D eigenvalue weighted by Crippen LogP contribution is 2.32. The Morgan fingerprint density at radius 1 is 1.17 bits per heavy atom. The van der Waals surface area contributed by atoms with E-state index in [4.69, 9.17) is 16.9 Å². The van der Waals surface area contributed by atoms with E-state index in [1.165, 1.54) is 5.56 Å². The van der Waals surface area contributed by atoms with Crippen LogP contribution < -0.4 is 0 Å². The summed E-state index contributed by atoms with van der Waals surface area (Å²) in [7, 11) is 0. The summed E-state index contributed by atoms with van der Waals surface area (Å²) in [6, 6.07) is 15.3. The number of aromatic nitrogens is 2. The van der Waals surface area contributed by atoms with Crippen molar-refractivity contribution in [3.63, 3.8) is 0 Å². The first kappa shape index (κ1) is 20.2. The minimum atomic E-state index is 0.0242. The standard InChI is InChI=1S/C24H23ClN4O/c1-15-23(28-16(2)27-15)21-13-20(7-8-22(21)25)24(30)29-11-9-19(10-12-29)18-5-3-17(14-26)4-6-18/h3-8,13,19H,9-12H2,1-2H3,(H,27,28). The van der Waals surface area contributed by atoms with E-state index in [1.54, 1.807) is 12.1 Å². The number of rotatable bonds is 3. The number of hydrogen-bond donors (Lipinski definition) is 1. The second kappa shape index (κ2) is 8.33. The summed E-state index contributed by atoms with van der Waals surface area (Å²) in [5.41, 5.74) is 5.03. The number of imidazole rings is 1. The van der Waals surface area contributed by atoms with Crippen molar-refractivity contribution in [2.75, 3.05) is 13.1 Å². The summed E-state index contributed by atoms with van der Waals surface area (Å²) in [5, 5.41) is 9.54. The van der Waals surface area contributed by atoms with Crippen LogP contribution in [0.4, 0.5) is 0 Å². The number of H-pyrrole nitrogens is 1. The van der Waals surface area contributed by atoms with Crippen LogP contribution in [-0.2, 0) is 0 Å². The molecule has 1 N–H and O–H groups in total. The van der Waals surface area contributed by atoms with Gasteiger partial charge in [-0.1, -0.05) is 23.7 Å². The molecule has 0 radical (unpaired) electrons. The first-order valence-electron chi connectivity index (χ1n) is 10.1. The normalized spacial score (nSPS) is 14.5. The Balaban J connectivity index is 1.48. The molecule has 1 fully saturated rings. The van der Waals surface area contributed by atoms with Crippen LogP contribution in [0.25, 0.3) is 11.3 Å². The highest BCUT2D eigenvalue weighted by molar-refractivity contribution is 6.33. The highest BCUT2D eigenvalue weighted by Gasteiger charge is 2.25. The van der Waals surface area contributed by atoms with E-state index < -0.39 is 0 Å². The van der Waals surface area contributed by atoms with E-state index in [9.17, 15) is 4.79 Å². The second-order valence-corrected chi connectivity index (χ2v) is 8.20. The van der Waals surface area contributed by atoms with Gasteiger partial charge in [-0.05, 0) is 68.5 Å². The van der Waals surface area contributed by atoms with E-state index >= 15 is 0 Å². The number of carbonyl (C=O) groups excluding carboxylic acids is 1. The third-order valence-electron chi connectivity index (χ3n) is 5.76. The third-order valence-corrected chi connectivity index (χ3v) is 6.09. The van der Waals surface area contributed by atoms with Gasteiger partial charge in [0, 0.05) is 29.9 Å². The zero-order valence-electron chi connectivity index (χ0n) is 17.1. The number of nitrogens with one attached hydrogen (secondary N) is 1. The molecule has 0 saturated carbocycles. The number of benzene rings is 2. The van der Waals surface area contributed by atoms with Gasteiger partial charge < -0.3 is 9.88 Å². The predicted octanol–water partition coefficient (Wildman–Crippen LogP) is 5.24. The summed E-state index contributed by atoms with van der Waals surface area (Å²) < 4.78 is 0. The van der Waals surface area contributed by atoms with Crippen molar-refractivity contribution < 1.29 is 4.79 Å². The van der Waals surface area contributed by atoms with Gasteiger partial charge in [0.1, 0.15) is 5.82 Å². The van der Waals surface area contributed by atoms with Crippen molar-refractivity contribution in [3.8, 4) is 17.3 Å². The van der Waals surface area contributed by atoms with E-state index in [0.717, 1.165) is 35.6 Å². The fourth-order valence-electron chi connectivity index (χ4n) is 4.14. The molecule has 3 aromatic rings. The van der Waals surface area contributed by atoms with Crippen molar-refractivity contribution in [2.24, 2.45) is 0 Å². The highest BCUT2D eigenvalue weighted by atomic mass is 35.5. The molecule has 2 heterocycles. The number of aryl methyl sites for hydroxylation is 2. The van der Waals surface area contributed by atoms with Gasteiger partial charge in [0.25, 0.3) is 5.91 Å². The summed E-state index contributed by atoms with van der Waals surface area (Å²) in [6.07, 6.45) is 1.82. The Hall–Kier alpha value is -3.10. The van der Waals surface area contributed by atoms with Gasteiger partial charge in [-0.2, -0.15) is 5.26 Å². The molecule has 1 aliphatic rings. The average molecular weight is 419 g/mol. The van der Waals surface area contributed by atoms with E-state index in [0.29, 0.717) is 35.2 Å². The average Bonchev–Trinajstić information content (AvgIpc) is 3.11. The molecule has 0 aliphatic carbocycles. The molecule has 2 aromatic carbocycles. The minimum Gasteiger partial charge on any atom is -0.346 e. The summed E-state index contributed by atoms with van der Waals surface area (Å²) >= 11 is 6.41. The monoisotopic (exact) mass is 418 g/mol. The molecule has 1 amide bonds. The number of nitriles is 1. The van der Waals surface area contributed by atoms with Crippen LogP contribution >= 0.6 is 11.6 Å². The van der Waals surface area contributed by atoms with Crippen molar-refractivity contribution in [2.45, 2.75) is 32.6 Å². The van der Waals surface area contributed by atoms with Gasteiger partial charge in [0.15, 0.2) is 0 Å². The molecule has 1 aromatic heterocycles. The molecule has 0 bridgehead atoms. The second-order valence-electron chi connectivity index (χ2n) is 7.79. The quantitative estimate of drug-likeness (QED) is 0.632. The van der Waals surface area contributed by atoms with Crippen molar-refractivity contribution in [3.05, 3.63) is 75.7 Å². The molecule has 152 valence electrons. The Bertz CT molecular complexity index is 1120. The van der Waals surface area contributed by atoms with Crippen LogP contribution in [0.1, 0.15) is 51.8 Å². The maximum atomic E-state index is 13.1. The number of piperidine rings is 1. The molecule has 4 rings (SSSR count). The number of carbonyl (C=O) groups is 1. The van der Waals surface area contributed by atoms with Gasteiger partial charge in [-0.15, -0.1) is 0 Å². The fraction of sp³-hybridized carbons (Fsp3) is 0.292. The summed E-state index contributed by atoms with van der Waals surface area (Å²) in [4.78, 5) is 22.8. The van der Waals surface area contributed by atoms with Gasteiger partial charge >= 0.3 is 0 Å². The molecular weight excluding hydrogens is 396 g/mol. The van der Waals surface area contributed by atoms with Crippen LogP contribution in [-0.4, -0.2) is 33.9 Å². The predicted molar refractivity (Wildman–Crippen MR) is 118 cm³/mol. The van der Waals surface area contributed by atoms with E-state index in [2.05, 4.69) is 16.0 Å². The largest absolute Gasteiger partial charge is 0.346 e.